The van der Waals surface area contributed by atoms with Crippen LogP contribution in [0.25, 0.3) is 11.6 Å². The highest BCUT2D eigenvalue weighted by Gasteiger charge is 2.17. The van der Waals surface area contributed by atoms with Crippen LogP contribution in [0.3, 0.4) is 0 Å². The molecule has 0 saturated carbocycles. The van der Waals surface area contributed by atoms with Crippen molar-refractivity contribution in [1.29, 1.82) is 0 Å². The van der Waals surface area contributed by atoms with Gasteiger partial charge in [-0.2, -0.15) is 5.10 Å². The van der Waals surface area contributed by atoms with Gasteiger partial charge in [-0.25, -0.2) is 4.98 Å². The first kappa shape index (κ1) is 17.0. The molecule has 0 unspecified atom stereocenters. The van der Waals surface area contributed by atoms with Crippen molar-refractivity contribution in [2.45, 2.75) is 40.2 Å². The van der Waals surface area contributed by atoms with Crippen molar-refractivity contribution in [2.24, 2.45) is 0 Å². The second kappa shape index (κ2) is 6.96. The van der Waals surface area contributed by atoms with Gasteiger partial charge in [0.2, 0.25) is 5.82 Å². The molecule has 1 amide bonds. The van der Waals surface area contributed by atoms with Crippen molar-refractivity contribution in [2.75, 3.05) is 6.54 Å². The Hall–Kier alpha value is -2.83. The normalized spacial score (nSPS) is 11.2. The summed E-state index contributed by atoms with van der Waals surface area (Å²) < 4.78 is 7.43. The van der Waals surface area contributed by atoms with E-state index in [0.717, 1.165) is 17.0 Å². The molecule has 0 aliphatic carbocycles. The number of furan rings is 1. The van der Waals surface area contributed by atoms with Crippen molar-refractivity contribution >= 4 is 5.91 Å². The number of aromatic nitrogens is 4. The van der Waals surface area contributed by atoms with Gasteiger partial charge in [-0.3, -0.25) is 9.89 Å². The summed E-state index contributed by atoms with van der Waals surface area (Å²) in [5.74, 6) is 1.78. The van der Waals surface area contributed by atoms with E-state index in [9.17, 15) is 4.79 Å². The summed E-state index contributed by atoms with van der Waals surface area (Å²) in [4.78, 5) is 16.8. The fraction of sp³-hybridized carbons (Fsp3) is 0.389. The molecule has 0 spiro atoms. The summed E-state index contributed by atoms with van der Waals surface area (Å²) >= 11 is 0. The molecule has 0 atom stereocenters. The first-order chi connectivity index (χ1) is 12.0. The number of rotatable bonds is 6. The van der Waals surface area contributed by atoms with Crippen LogP contribution in [0.2, 0.25) is 0 Å². The standard InChI is InChI=1S/C18H23N5O2/c1-11(2)23-12(3)10-14(13(23)4)18(24)19-8-7-16-20-17(22-21-16)15-6-5-9-25-15/h5-6,9-11H,7-8H2,1-4H3,(H,19,24)(H,20,21,22). The summed E-state index contributed by atoms with van der Waals surface area (Å²) in [6.45, 7) is 8.71. The number of nitrogens with zero attached hydrogens (tertiary/aromatic N) is 3. The first-order valence-corrected chi connectivity index (χ1v) is 8.39. The number of aromatic amines is 1. The third kappa shape index (κ3) is 3.50. The average Bonchev–Trinajstić information content (AvgIpc) is 3.27. The summed E-state index contributed by atoms with van der Waals surface area (Å²) in [6, 6.07) is 5.86. The molecular weight excluding hydrogens is 318 g/mol. The van der Waals surface area contributed by atoms with Crippen LogP contribution in [0.5, 0.6) is 0 Å². The lowest BCUT2D eigenvalue weighted by atomic mass is 10.2. The van der Waals surface area contributed by atoms with Crippen LogP contribution < -0.4 is 5.32 Å². The van der Waals surface area contributed by atoms with E-state index < -0.39 is 0 Å². The Morgan fingerprint density at radius 3 is 2.84 bits per heavy atom. The molecule has 0 fully saturated rings. The Labute approximate surface area is 146 Å². The van der Waals surface area contributed by atoms with Crippen LogP contribution in [-0.2, 0) is 6.42 Å². The van der Waals surface area contributed by atoms with Gasteiger partial charge >= 0.3 is 0 Å². The van der Waals surface area contributed by atoms with Gasteiger partial charge in [0.1, 0.15) is 5.82 Å². The number of amides is 1. The third-order valence-corrected chi connectivity index (χ3v) is 4.17. The number of aryl methyl sites for hydroxylation is 1. The average molecular weight is 341 g/mol. The zero-order valence-corrected chi connectivity index (χ0v) is 15.0. The highest BCUT2D eigenvalue weighted by Crippen LogP contribution is 2.20. The van der Waals surface area contributed by atoms with Gasteiger partial charge in [-0.05, 0) is 45.9 Å². The van der Waals surface area contributed by atoms with Crippen LogP contribution in [0.15, 0.2) is 28.9 Å². The summed E-state index contributed by atoms with van der Waals surface area (Å²) in [7, 11) is 0. The second-order valence-electron chi connectivity index (χ2n) is 6.34. The van der Waals surface area contributed by atoms with Crippen molar-refractivity contribution in [3.8, 4) is 11.6 Å². The Bertz CT molecular complexity index is 858. The van der Waals surface area contributed by atoms with E-state index in [2.05, 4.69) is 38.9 Å². The molecule has 7 heteroatoms. The lowest BCUT2D eigenvalue weighted by molar-refractivity contribution is 0.0953. The van der Waals surface area contributed by atoms with Crippen LogP contribution in [0, 0.1) is 13.8 Å². The van der Waals surface area contributed by atoms with Crippen molar-refractivity contribution < 1.29 is 9.21 Å². The maximum atomic E-state index is 12.5. The molecule has 7 nitrogen and oxygen atoms in total. The number of carbonyl (C=O) groups excluding carboxylic acids is 1. The Balaban J connectivity index is 1.59. The zero-order chi connectivity index (χ0) is 18.0. The van der Waals surface area contributed by atoms with Gasteiger partial charge in [0, 0.05) is 30.4 Å². The lowest BCUT2D eigenvalue weighted by Crippen LogP contribution is -2.26. The largest absolute Gasteiger partial charge is 0.461 e. The number of hydrogen-bond acceptors (Lipinski definition) is 4. The van der Waals surface area contributed by atoms with Gasteiger partial charge in [-0.15, -0.1) is 0 Å². The lowest BCUT2D eigenvalue weighted by Gasteiger charge is -2.13. The summed E-state index contributed by atoms with van der Waals surface area (Å²) in [6.07, 6.45) is 2.15. The number of nitrogens with one attached hydrogen (secondary N) is 2. The topological polar surface area (TPSA) is 88.7 Å². The van der Waals surface area contributed by atoms with Crippen LogP contribution >= 0.6 is 0 Å². The molecule has 0 aliphatic heterocycles. The van der Waals surface area contributed by atoms with E-state index in [-0.39, 0.29) is 5.91 Å². The maximum Gasteiger partial charge on any atom is 0.253 e. The van der Waals surface area contributed by atoms with Gasteiger partial charge < -0.3 is 14.3 Å². The smallest absolute Gasteiger partial charge is 0.253 e. The predicted molar refractivity (Wildman–Crippen MR) is 94.4 cm³/mol. The van der Waals surface area contributed by atoms with Crippen molar-refractivity contribution in [3.63, 3.8) is 0 Å². The maximum absolute atomic E-state index is 12.5. The van der Waals surface area contributed by atoms with Crippen LogP contribution in [-0.4, -0.2) is 32.2 Å². The molecule has 3 heterocycles. The SMILES string of the molecule is Cc1cc(C(=O)NCCc2nc(-c3ccco3)n[nH]2)c(C)n1C(C)C. The van der Waals surface area contributed by atoms with E-state index in [1.54, 1.807) is 18.4 Å². The van der Waals surface area contributed by atoms with E-state index >= 15 is 0 Å². The summed E-state index contributed by atoms with van der Waals surface area (Å²) in [5.41, 5.74) is 2.81. The minimum atomic E-state index is -0.0641. The number of H-pyrrole nitrogens is 1. The molecule has 0 bridgehead atoms. The molecule has 132 valence electrons. The number of hydrogen-bond donors (Lipinski definition) is 2. The van der Waals surface area contributed by atoms with E-state index in [1.165, 1.54) is 0 Å². The Kier molecular flexibility index (Phi) is 4.74. The highest BCUT2D eigenvalue weighted by molar-refractivity contribution is 5.95. The predicted octanol–water partition coefficient (Wildman–Crippen LogP) is 3.04. The molecule has 3 aromatic rings. The van der Waals surface area contributed by atoms with E-state index in [0.29, 0.717) is 36.4 Å². The molecular formula is C18H23N5O2. The zero-order valence-electron chi connectivity index (χ0n) is 15.0. The molecule has 0 aromatic carbocycles. The fourth-order valence-corrected chi connectivity index (χ4v) is 3.11. The van der Waals surface area contributed by atoms with Gasteiger partial charge in [0.25, 0.3) is 5.91 Å². The third-order valence-electron chi connectivity index (χ3n) is 4.17. The molecule has 3 rings (SSSR count). The molecule has 0 radical (unpaired) electrons. The fourth-order valence-electron chi connectivity index (χ4n) is 3.11. The second-order valence-corrected chi connectivity index (χ2v) is 6.34. The first-order valence-electron chi connectivity index (χ1n) is 8.39. The van der Waals surface area contributed by atoms with Crippen molar-refractivity contribution in [1.82, 2.24) is 25.1 Å². The quantitative estimate of drug-likeness (QED) is 0.721. The Morgan fingerprint density at radius 2 is 2.20 bits per heavy atom. The molecule has 25 heavy (non-hydrogen) atoms. The minimum absolute atomic E-state index is 0.0641. The Morgan fingerprint density at radius 1 is 1.40 bits per heavy atom. The van der Waals surface area contributed by atoms with E-state index in [1.807, 2.05) is 19.9 Å². The van der Waals surface area contributed by atoms with Crippen molar-refractivity contribution in [3.05, 3.63) is 47.2 Å². The highest BCUT2D eigenvalue weighted by atomic mass is 16.3. The van der Waals surface area contributed by atoms with Gasteiger partial charge in [0.15, 0.2) is 5.76 Å². The monoisotopic (exact) mass is 341 g/mol. The molecule has 0 aliphatic rings. The number of carbonyl (C=O) groups is 1. The molecule has 2 N–H and O–H groups in total. The minimum Gasteiger partial charge on any atom is -0.461 e. The molecule has 3 aromatic heterocycles. The van der Waals surface area contributed by atoms with Crippen LogP contribution in [0.4, 0.5) is 0 Å². The van der Waals surface area contributed by atoms with Gasteiger partial charge in [-0.1, -0.05) is 0 Å². The molecule has 0 saturated heterocycles. The van der Waals surface area contributed by atoms with Crippen LogP contribution in [0.1, 0.15) is 47.5 Å². The van der Waals surface area contributed by atoms with E-state index in [4.69, 9.17) is 4.42 Å². The summed E-state index contributed by atoms with van der Waals surface area (Å²) in [5, 5.41) is 9.94. The van der Waals surface area contributed by atoms with Gasteiger partial charge in [0.05, 0.1) is 11.8 Å².